The summed E-state index contributed by atoms with van der Waals surface area (Å²) in [4.78, 5) is 14.4. The summed E-state index contributed by atoms with van der Waals surface area (Å²) in [5, 5.41) is 2.74. The fourth-order valence-electron chi connectivity index (χ4n) is 3.06. The molecule has 1 amide bonds. The van der Waals surface area contributed by atoms with Crippen LogP contribution in [0.5, 0.6) is 5.75 Å². The first-order valence-corrected chi connectivity index (χ1v) is 8.79. The summed E-state index contributed by atoms with van der Waals surface area (Å²) in [5.74, 6) is -2.07. The lowest BCUT2D eigenvalue weighted by Crippen LogP contribution is -2.29. The fraction of sp³-hybridized carbons (Fsp3) is 0.350. The van der Waals surface area contributed by atoms with Gasteiger partial charge in [-0.05, 0) is 55.8 Å². The highest BCUT2D eigenvalue weighted by molar-refractivity contribution is 5.91. The minimum atomic E-state index is -0.832. The maximum Gasteiger partial charge on any atom is 0.262 e. The van der Waals surface area contributed by atoms with Crippen LogP contribution >= 0.6 is 0 Å². The molecule has 138 valence electrons. The van der Waals surface area contributed by atoms with Gasteiger partial charge in [-0.15, -0.1) is 0 Å². The van der Waals surface area contributed by atoms with Gasteiger partial charge in [0.15, 0.2) is 18.2 Å². The van der Waals surface area contributed by atoms with Crippen molar-refractivity contribution in [3.63, 3.8) is 0 Å². The average Bonchev–Trinajstić information content (AvgIpc) is 2.62. The van der Waals surface area contributed by atoms with Crippen LogP contribution in [0.2, 0.25) is 0 Å². The van der Waals surface area contributed by atoms with Crippen molar-refractivity contribution in [1.29, 1.82) is 0 Å². The van der Waals surface area contributed by atoms with Gasteiger partial charge in [0.2, 0.25) is 0 Å². The Hall–Kier alpha value is -2.47. The molecule has 0 bridgehead atoms. The van der Waals surface area contributed by atoms with Crippen molar-refractivity contribution in [3.05, 3.63) is 59.7 Å². The van der Waals surface area contributed by atoms with Crippen molar-refractivity contribution in [3.8, 4) is 5.75 Å². The number of hydrogen-bond acceptors (Lipinski definition) is 3. The van der Waals surface area contributed by atoms with E-state index < -0.39 is 17.5 Å². The van der Waals surface area contributed by atoms with Crippen LogP contribution in [-0.4, -0.2) is 30.5 Å². The van der Waals surface area contributed by atoms with E-state index in [1.54, 1.807) is 6.07 Å². The Bertz CT molecular complexity index is 761. The Labute approximate surface area is 151 Å². The van der Waals surface area contributed by atoms with Gasteiger partial charge in [0.1, 0.15) is 5.82 Å². The number of halogens is 2. The summed E-state index contributed by atoms with van der Waals surface area (Å²) in [5.41, 5.74) is 1.81. The molecule has 1 heterocycles. The van der Waals surface area contributed by atoms with Crippen molar-refractivity contribution < 1.29 is 18.3 Å². The van der Waals surface area contributed by atoms with Crippen molar-refractivity contribution in [2.45, 2.75) is 25.8 Å². The number of likely N-dealkylation sites (tertiary alicyclic amines) is 1. The van der Waals surface area contributed by atoms with E-state index in [2.05, 4.69) is 10.2 Å². The molecule has 4 nitrogen and oxygen atoms in total. The quantitative estimate of drug-likeness (QED) is 0.848. The van der Waals surface area contributed by atoms with Crippen LogP contribution in [0.15, 0.2) is 42.5 Å². The summed E-state index contributed by atoms with van der Waals surface area (Å²) in [7, 11) is 0. The zero-order valence-corrected chi connectivity index (χ0v) is 14.5. The van der Waals surface area contributed by atoms with Gasteiger partial charge in [0.25, 0.3) is 5.91 Å². The number of amides is 1. The molecule has 2 aromatic carbocycles. The lowest BCUT2D eigenvalue weighted by atomic mass is 10.1. The topological polar surface area (TPSA) is 41.6 Å². The first-order chi connectivity index (χ1) is 12.6. The second kappa shape index (κ2) is 8.76. The molecule has 0 aromatic heterocycles. The largest absolute Gasteiger partial charge is 0.481 e. The van der Waals surface area contributed by atoms with Crippen LogP contribution < -0.4 is 10.1 Å². The molecule has 3 rings (SSSR count). The fourth-order valence-corrected chi connectivity index (χ4v) is 3.06. The Morgan fingerprint density at radius 3 is 2.65 bits per heavy atom. The maximum absolute atomic E-state index is 13.5. The highest BCUT2D eigenvalue weighted by Crippen LogP contribution is 2.18. The van der Waals surface area contributed by atoms with Crippen molar-refractivity contribution in [2.24, 2.45) is 0 Å². The first-order valence-electron chi connectivity index (χ1n) is 8.79. The summed E-state index contributed by atoms with van der Waals surface area (Å²) in [6.45, 7) is 2.72. The summed E-state index contributed by atoms with van der Waals surface area (Å²) < 4.78 is 31.5. The van der Waals surface area contributed by atoms with Crippen LogP contribution in [0.3, 0.4) is 0 Å². The van der Waals surface area contributed by atoms with Crippen molar-refractivity contribution >= 4 is 11.6 Å². The number of hydrogen-bond donors (Lipinski definition) is 1. The Balaban J connectivity index is 1.52. The minimum absolute atomic E-state index is 0.152. The lowest BCUT2D eigenvalue weighted by molar-refractivity contribution is -0.118. The molecule has 0 atom stereocenters. The van der Waals surface area contributed by atoms with E-state index in [1.807, 2.05) is 18.2 Å². The standard InChI is InChI=1S/C20H22F2N2O2/c21-16-7-8-19(18(22)12-16)26-14-20(25)23-17-6-4-5-15(11-17)13-24-9-2-1-3-10-24/h4-8,11-12H,1-3,9-10,13-14H2,(H,23,25). The van der Waals surface area contributed by atoms with E-state index in [4.69, 9.17) is 4.74 Å². The number of piperidine rings is 1. The molecule has 0 unspecified atom stereocenters. The molecule has 0 aliphatic carbocycles. The SMILES string of the molecule is O=C(COc1ccc(F)cc1F)Nc1cccc(CN2CCCCC2)c1. The Morgan fingerprint density at radius 1 is 1.08 bits per heavy atom. The molecule has 1 aliphatic heterocycles. The van der Waals surface area contributed by atoms with E-state index in [0.717, 1.165) is 43.4 Å². The molecule has 6 heteroatoms. The molecule has 26 heavy (non-hydrogen) atoms. The molecule has 1 aliphatic rings. The number of anilines is 1. The molecule has 1 N–H and O–H groups in total. The van der Waals surface area contributed by atoms with E-state index in [-0.39, 0.29) is 12.4 Å². The van der Waals surface area contributed by atoms with E-state index in [9.17, 15) is 13.6 Å². The van der Waals surface area contributed by atoms with Gasteiger partial charge in [-0.3, -0.25) is 9.69 Å². The number of rotatable bonds is 6. The van der Waals surface area contributed by atoms with Gasteiger partial charge in [-0.2, -0.15) is 0 Å². The van der Waals surface area contributed by atoms with E-state index in [1.165, 1.54) is 19.3 Å². The predicted octanol–water partition coefficient (Wildman–Crippen LogP) is 3.97. The van der Waals surface area contributed by atoms with Gasteiger partial charge in [-0.25, -0.2) is 8.78 Å². The second-order valence-electron chi connectivity index (χ2n) is 6.45. The molecule has 0 spiro atoms. The molecule has 1 fully saturated rings. The van der Waals surface area contributed by atoms with Gasteiger partial charge < -0.3 is 10.1 Å². The normalized spacial score (nSPS) is 14.8. The molecular formula is C20H22F2N2O2. The molecule has 2 aromatic rings. The molecule has 0 saturated carbocycles. The Morgan fingerprint density at radius 2 is 1.88 bits per heavy atom. The molecule has 0 radical (unpaired) electrons. The number of nitrogens with zero attached hydrogens (tertiary/aromatic N) is 1. The minimum Gasteiger partial charge on any atom is -0.481 e. The van der Waals surface area contributed by atoms with Crippen LogP contribution in [0.1, 0.15) is 24.8 Å². The Kier molecular flexibility index (Phi) is 6.17. The van der Waals surface area contributed by atoms with Gasteiger partial charge in [-0.1, -0.05) is 18.6 Å². The third-order valence-corrected chi connectivity index (χ3v) is 4.32. The summed E-state index contributed by atoms with van der Waals surface area (Å²) >= 11 is 0. The smallest absolute Gasteiger partial charge is 0.262 e. The van der Waals surface area contributed by atoms with Gasteiger partial charge in [0, 0.05) is 18.3 Å². The average molecular weight is 360 g/mol. The number of nitrogens with one attached hydrogen (secondary N) is 1. The number of ether oxygens (including phenoxy) is 1. The van der Waals surface area contributed by atoms with Crippen molar-refractivity contribution in [1.82, 2.24) is 4.90 Å². The third-order valence-electron chi connectivity index (χ3n) is 4.32. The monoisotopic (exact) mass is 360 g/mol. The first kappa shape index (κ1) is 18.3. The second-order valence-corrected chi connectivity index (χ2v) is 6.45. The van der Waals surface area contributed by atoms with Crippen LogP contribution in [0, 0.1) is 11.6 Å². The van der Waals surface area contributed by atoms with Gasteiger partial charge >= 0.3 is 0 Å². The summed E-state index contributed by atoms with van der Waals surface area (Å²) in [6.07, 6.45) is 3.75. The summed E-state index contributed by atoms with van der Waals surface area (Å²) in [6, 6.07) is 10.6. The highest BCUT2D eigenvalue weighted by Gasteiger charge is 2.12. The number of carbonyl (C=O) groups is 1. The zero-order valence-electron chi connectivity index (χ0n) is 14.5. The van der Waals surface area contributed by atoms with Crippen molar-refractivity contribution in [2.75, 3.05) is 25.0 Å². The highest BCUT2D eigenvalue weighted by atomic mass is 19.1. The zero-order chi connectivity index (χ0) is 18.4. The van der Waals surface area contributed by atoms with Crippen LogP contribution in [0.4, 0.5) is 14.5 Å². The number of benzene rings is 2. The van der Waals surface area contributed by atoms with E-state index >= 15 is 0 Å². The maximum atomic E-state index is 13.5. The van der Waals surface area contributed by atoms with Crippen LogP contribution in [0.25, 0.3) is 0 Å². The predicted molar refractivity (Wildman–Crippen MR) is 96.1 cm³/mol. The third kappa shape index (κ3) is 5.26. The number of carbonyl (C=O) groups excluding carboxylic acids is 1. The molecule has 1 saturated heterocycles. The van der Waals surface area contributed by atoms with E-state index in [0.29, 0.717) is 5.69 Å². The lowest BCUT2D eigenvalue weighted by Gasteiger charge is -2.26. The molecular weight excluding hydrogens is 338 g/mol. The van der Waals surface area contributed by atoms with Crippen LogP contribution in [-0.2, 0) is 11.3 Å². The van der Waals surface area contributed by atoms with Gasteiger partial charge in [0.05, 0.1) is 0 Å².